The molecule has 1 N–H and O–H groups in total. The van der Waals surface area contributed by atoms with E-state index < -0.39 is 0 Å². The van der Waals surface area contributed by atoms with E-state index in [2.05, 4.69) is 10.3 Å². The molecule has 122 valence electrons. The quantitative estimate of drug-likeness (QED) is 0.890. The highest BCUT2D eigenvalue weighted by atomic mass is 35.5. The van der Waals surface area contributed by atoms with Crippen molar-refractivity contribution in [3.8, 4) is 17.4 Å². The van der Waals surface area contributed by atoms with E-state index in [-0.39, 0.29) is 0 Å². The number of halogens is 1. The maximum atomic E-state index is 6.01. The summed E-state index contributed by atoms with van der Waals surface area (Å²) in [5, 5.41) is 4.03. The molecule has 1 saturated heterocycles. The van der Waals surface area contributed by atoms with Crippen LogP contribution in [0.3, 0.4) is 0 Å². The second kappa shape index (κ2) is 7.66. The van der Waals surface area contributed by atoms with Crippen molar-refractivity contribution in [1.29, 1.82) is 0 Å². The number of rotatable bonds is 5. The number of hydrogen-bond acceptors (Lipinski definition) is 4. The second-order valence-corrected chi connectivity index (χ2v) is 6.28. The Bertz CT molecular complexity index is 657. The molecule has 5 heteroatoms. The lowest BCUT2D eigenvalue weighted by molar-refractivity contribution is 0.211. The number of benzene rings is 1. The maximum Gasteiger partial charge on any atom is 0.262 e. The number of aromatic nitrogens is 1. The maximum absolute atomic E-state index is 6.01. The van der Waals surface area contributed by atoms with Crippen LogP contribution in [0.5, 0.6) is 17.4 Å². The average molecular weight is 333 g/mol. The van der Waals surface area contributed by atoms with E-state index in [0.717, 1.165) is 18.8 Å². The Morgan fingerprint density at radius 3 is 3.00 bits per heavy atom. The lowest BCUT2D eigenvalue weighted by Crippen LogP contribution is -2.33. The van der Waals surface area contributed by atoms with Crippen molar-refractivity contribution in [2.75, 3.05) is 19.7 Å². The summed E-state index contributed by atoms with van der Waals surface area (Å²) in [4.78, 5) is 4.46. The van der Waals surface area contributed by atoms with Crippen molar-refractivity contribution >= 4 is 11.6 Å². The first-order chi connectivity index (χ1) is 11.2. The molecular formula is C18H21ClN2O2. The minimum absolute atomic E-state index is 0.482. The van der Waals surface area contributed by atoms with E-state index in [1.165, 1.54) is 12.8 Å². The van der Waals surface area contributed by atoms with E-state index in [0.29, 0.717) is 34.9 Å². The Balaban J connectivity index is 1.72. The second-order valence-electron chi connectivity index (χ2n) is 5.84. The first-order valence-corrected chi connectivity index (χ1v) is 8.33. The standard InChI is InChI=1S/C18H21ClN2O2/c1-13-7-8-17(22-12-14-4-3-9-20-11-14)18(21-13)23-16-6-2-5-15(19)10-16/h2,5-8,10,14,20H,3-4,9,11-12H2,1H3. The Morgan fingerprint density at radius 2 is 2.22 bits per heavy atom. The van der Waals surface area contributed by atoms with Gasteiger partial charge in [-0.3, -0.25) is 0 Å². The van der Waals surface area contributed by atoms with Crippen LogP contribution < -0.4 is 14.8 Å². The number of pyridine rings is 1. The minimum atomic E-state index is 0.482. The van der Waals surface area contributed by atoms with Gasteiger partial charge in [0.25, 0.3) is 5.88 Å². The number of piperidine rings is 1. The van der Waals surface area contributed by atoms with Crippen LogP contribution in [0.15, 0.2) is 36.4 Å². The topological polar surface area (TPSA) is 43.4 Å². The van der Waals surface area contributed by atoms with Gasteiger partial charge < -0.3 is 14.8 Å². The molecule has 1 aliphatic rings. The van der Waals surface area contributed by atoms with Gasteiger partial charge >= 0.3 is 0 Å². The normalized spacial score (nSPS) is 17.7. The Labute approximate surface area is 141 Å². The van der Waals surface area contributed by atoms with Gasteiger partial charge in [0, 0.05) is 23.2 Å². The molecular weight excluding hydrogens is 312 g/mol. The number of aryl methyl sites for hydroxylation is 1. The third-order valence-electron chi connectivity index (χ3n) is 3.85. The zero-order valence-corrected chi connectivity index (χ0v) is 14.0. The molecule has 0 bridgehead atoms. The van der Waals surface area contributed by atoms with Crippen molar-refractivity contribution in [3.63, 3.8) is 0 Å². The van der Waals surface area contributed by atoms with Gasteiger partial charge in [0.1, 0.15) is 5.75 Å². The van der Waals surface area contributed by atoms with E-state index in [4.69, 9.17) is 21.1 Å². The van der Waals surface area contributed by atoms with Gasteiger partial charge in [0.2, 0.25) is 0 Å². The summed E-state index contributed by atoms with van der Waals surface area (Å²) in [5.74, 6) is 2.33. The number of ether oxygens (including phenoxy) is 2. The van der Waals surface area contributed by atoms with Gasteiger partial charge in [-0.05, 0) is 56.6 Å². The van der Waals surface area contributed by atoms with Crippen molar-refractivity contribution in [2.45, 2.75) is 19.8 Å². The zero-order valence-electron chi connectivity index (χ0n) is 13.2. The van der Waals surface area contributed by atoms with E-state index >= 15 is 0 Å². The van der Waals surface area contributed by atoms with Crippen molar-refractivity contribution in [3.05, 3.63) is 47.1 Å². The summed E-state index contributed by atoms with van der Waals surface area (Å²) < 4.78 is 11.8. The summed E-state index contributed by atoms with van der Waals surface area (Å²) >= 11 is 6.01. The van der Waals surface area contributed by atoms with E-state index in [1.807, 2.05) is 37.3 Å². The van der Waals surface area contributed by atoms with Crippen LogP contribution in [0.25, 0.3) is 0 Å². The molecule has 2 aromatic rings. The summed E-state index contributed by atoms with van der Waals surface area (Å²) in [6, 6.07) is 11.1. The minimum Gasteiger partial charge on any atom is -0.488 e. The number of hydrogen-bond donors (Lipinski definition) is 1. The highest BCUT2D eigenvalue weighted by molar-refractivity contribution is 6.30. The van der Waals surface area contributed by atoms with Crippen LogP contribution in [-0.2, 0) is 0 Å². The first kappa shape index (κ1) is 16.1. The van der Waals surface area contributed by atoms with Crippen LogP contribution in [0.1, 0.15) is 18.5 Å². The van der Waals surface area contributed by atoms with E-state index in [1.54, 1.807) is 6.07 Å². The predicted molar refractivity (Wildman–Crippen MR) is 91.6 cm³/mol. The van der Waals surface area contributed by atoms with Gasteiger partial charge in [-0.1, -0.05) is 17.7 Å². The van der Waals surface area contributed by atoms with Gasteiger partial charge in [-0.2, -0.15) is 0 Å². The first-order valence-electron chi connectivity index (χ1n) is 7.95. The molecule has 3 rings (SSSR count). The molecule has 1 aliphatic heterocycles. The highest BCUT2D eigenvalue weighted by Gasteiger charge is 2.16. The van der Waals surface area contributed by atoms with Crippen LogP contribution >= 0.6 is 11.6 Å². The molecule has 4 nitrogen and oxygen atoms in total. The molecule has 1 aromatic carbocycles. The van der Waals surface area contributed by atoms with Gasteiger partial charge in [-0.25, -0.2) is 4.98 Å². The summed E-state index contributed by atoms with van der Waals surface area (Å²) in [5.41, 5.74) is 0.883. The number of nitrogens with one attached hydrogen (secondary N) is 1. The zero-order chi connectivity index (χ0) is 16.1. The SMILES string of the molecule is Cc1ccc(OCC2CCCNC2)c(Oc2cccc(Cl)c2)n1. The lowest BCUT2D eigenvalue weighted by atomic mass is 10.0. The molecule has 0 radical (unpaired) electrons. The van der Waals surface area contributed by atoms with Gasteiger partial charge in [-0.15, -0.1) is 0 Å². The number of nitrogens with zero attached hydrogens (tertiary/aromatic N) is 1. The van der Waals surface area contributed by atoms with E-state index in [9.17, 15) is 0 Å². The van der Waals surface area contributed by atoms with Crippen LogP contribution in [0.4, 0.5) is 0 Å². The van der Waals surface area contributed by atoms with Crippen LogP contribution in [0, 0.1) is 12.8 Å². The fraction of sp³-hybridized carbons (Fsp3) is 0.389. The Kier molecular flexibility index (Phi) is 5.36. The summed E-state index contributed by atoms with van der Waals surface area (Å²) in [6.45, 7) is 4.71. The van der Waals surface area contributed by atoms with Crippen molar-refractivity contribution in [1.82, 2.24) is 10.3 Å². The molecule has 0 aliphatic carbocycles. The molecule has 1 fully saturated rings. The molecule has 23 heavy (non-hydrogen) atoms. The Morgan fingerprint density at radius 1 is 1.30 bits per heavy atom. The molecule has 1 unspecified atom stereocenters. The van der Waals surface area contributed by atoms with Crippen LogP contribution in [-0.4, -0.2) is 24.7 Å². The fourth-order valence-corrected chi connectivity index (χ4v) is 2.80. The molecule has 2 heterocycles. The third-order valence-corrected chi connectivity index (χ3v) is 4.08. The highest BCUT2D eigenvalue weighted by Crippen LogP contribution is 2.31. The molecule has 1 atom stereocenters. The van der Waals surface area contributed by atoms with Crippen LogP contribution in [0.2, 0.25) is 5.02 Å². The lowest BCUT2D eigenvalue weighted by Gasteiger charge is -2.23. The average Bonchev–Trinajstić information content (AvgIpc) is 2.55. The van der Waals surface area contributed by atoms with Gasteiger partial charge in [0.15, 0.2) is 5.75 Å². The third kappa shape index (κ3) is 4.60. The molecule has 0 saturated carbocycles. The van der Waals surface area contributed by atoms with Crippen molar-refractivity contribution in [2.24, 2.45) is 5.92 Å². The largest absolute Gasteiger partial charge is 0.488 e. The monoisotopic (exact) mass is 332 g/mol. The summed E-state index contributed by atoms with van der Waals surface area (Å²) in [7, 11) is 0. The smallest absolute Gasteiger partial charge is 0.262 e. The molecule has 0 spiro atoms. The Hall–Kier alpha value is -1.78. The van der Waals surface area contributed by atoms with Gasteiger partial charge in [0.05, 0.1) is 6.61 Å². The predicted octanol–water partition coefficient (Wildman–Crippen LogP) is 4.21. The molecule has 0 amide bonds. The summed E-state index contributed by atoms with van der Waals surface area (Å²) in [6.07, 6.45) is 2.39. The van der Waals surface area contributed by atoms with Crippen molar-refractivity contribution < 1.29 is 9.47 Å². The fourth-order valence-electron chi connectivity index (χ4n) is 2.62. The molecule has 1 aromatic heterocycles.